The molecule has 1 aromatic rings. The van der Waals surface area contributed by atoms with Gasteiger partial charge in [-0.05, 0) is 24.3 Å². The number of ether oxygens (including phenoxy) is 1. The largest absolute Gasteiger partial charge is 0.497 e. The van der Waals surface area contributed by atoms with E-state index in [0.717, 1.165) is 16.9 Å². The molecule has 0 aliphatic heterocycles. The molecule has 0 spiro atoms. The third kappa shape index (κ3) is 3.60. The molecule has 0 unspecified atom stereocenters. The quantitative estimate of drug-likeness (QED) is 0.610. The Labute approximate surface area is 92.2 Å². The zero-order chi connectivity index (χ0) is 10.6. The second-order valence-electron chi connectivity index (χ2n) is 3.98. The second kappa shape index (κ2) is 4.71. The van der Waals surface area contributed by atoms with Crippen LogP contribution in [0.1, 0.15) is 0 Å². The van der Waals surface area contributed by atoms with E-state index in [4.69, 9.17) is 4.74 Å². The van der Waals surface area contributed by atoms with Crippen LogP contribution in [0.3, 0.4) is 0 Å². The Morgan fingerprint density at radius 1 is 1.36 bits per heavy atom. The predicted molar refractivity (Wildman–Crippen MR) is 66.9 cm³/mol. The van der Waals surface area contributed by atoms with Crippen molar-refractivity contribution >= 4 is 20.7 Å². The van der Waals surface area contributed by atoms with Crippen LogP contribution in [0.4, 0.5) is 0 Å². The molecule has 1 aromatic carbocycles. The molecular weight excluding hydrogens is 208 g/mol. The average molecular weight is 224 g/mol. The highest BCUT2D eigenvalue weighted by Crippen LogP contribution is 2.15. The van der Waals surface area contributed by atoms with E-state index in [1.165, 1.54) is 0 Å². The van der Waals surface area contributed by atoms with Gasteiger partial charge in [-0.3, -0.25) is 0 Å². The minimum atomic E-state index is -1.35. The molecule has 0 radical (unpaired) electrons. The molecule has 0 atom stereocenters. The van der Waals surface area contributed by atoms with E-state index in [9.17, 15) is 0 Å². The van der Waals surface area contributed by atoms with Crippen LogP contribution in [-0.4, -0.2) is 14.3 Å². The zero-order valence-corrected chi connectivity index (χ0v) is 10.6. The van der Waals surface area contributed by atoms with Gasteiger partial charge in [-0.1, -0.05) is 18.8 Å². The smallest absolute Gasteiger partial charge is 0.118 e. The van der Waals surface area contributed by atoms with Crippen LogP contribution >= 0.6 is 12.6 Å². The fourth-order valence-electron chi connectivity index (χ4n) is 0.871. The van der Waals surface area contributed by atoms with Gasteiger partial charge in [0.15, 0.2) is 0 Å². The summed E-state index contributed by atoms with van der Waals surface area (Å²) in [7, 11) is -1.35. The van der Waals surface area contributed by atoms with Crippen LogP contribution in [0.5, 0.6) is 5.75 Å². The van der Waals surface area contributed by atoms with Gasteiger partial charge in [0.2, 0.25) is 0 Å². The lowest BCUT2D eigenvalue weighted by molar-refractivity contribution is 0.379. The van der Waals surface area contributed by atoms with Crippen LogP contribution in [0.15, 0.2) is 41.4 Å². The maximum atomic E-state index is 5.67. The SMILES string of the molecule is C=C[Si](C)(C)COc1ccc(S)cc1. The molecule has 0 bridgehead atoms. The van der Waals surface area contributed by atoms with Gasteiger partial charge in [-0.2, -0.15) is 0 Å². The molecule has 0 aliphatic carbocycles. The van der Waals surface area contributed by atoms with E-state index in [1.807, 2.05) is 30.0 Å². The predicted octanol–water partition coefficient (Wildman–Crippen LogP) is 3.33. The highest BCUT2D eigenvalue weighted by atomic mass is 32.1. The van der Waals surface area contributed by atoms with Crippen molar-refractivity contribution in [3.05, 3.63) is 36.5 Å². The van der Waals surface area contributed by atoms with Gasteiger partial charge < -0.3 is 4.74 Å². The van der Waals surface area contributed by atoms with E-state index < -0.39 is 8.07 Å². The van der Waals surface area contributed by atoms with E-state index in [2.05, 4.69) is 32.3 Å². The van der Waals surface area contributed by atoms with Crippen molar-refractivity contribution in [1.82, 2.24) is 0 Å². The summed E-state index contributed by atoms with van der Waals surface area (Å²) in [5.74, 6) is 0.908. The minimum Gasteiger partial charge on any atom is -0.497 e. The van der Waals surface area contributed by atoms with E-state index in [-0.39, 0.29) is 0 Å². The molecule has 0 amide bonds. The van der Waals surface area contributed by atoms with Gasteiger partial charge in [0.25, 0.3) is 0 Å². The molecule has 0 saturated carbocycles. The van der Waals surface area contributed by atoms with Gasteiger partial charge >= 0.3 is 0 Å². The normalized spacial score (nSPS) is 11.1. The minimum absolute atomic E-state index is 0.780. The fraction of sp³-hybridized carbons (Fsp3) is 0.273. The first kappa shape index (κ1) is 11.4. The van der Waals surface area contributed by atoms with Crippen LogP contribution in [0, 0.1) is 0 Å². The third-order valence-electron chi connectivity index (χ3n) is 2.00. The van der Waals surface area contributed by atoms with Crippen LogP contribution in [0.2, 0.25) is 13.1 Å². The van der Waals surface area contributed by atoms with Crippen molar-refractivity contribution in [2.75, 3.05) is 6.23 Å². The Bertz CT molecular complexity index is 306. The Kier molecular flexibility index (Phi) is 3.83. The molecule has 3 heteroatoms. The van der Waals surface area contributed by atoms with Crippen LogP contribution in [-0.2, 0) is 0 Å². The van der Waals surface area contributed by atoms with Crippen LogP contribution < -0.4 is 4.74 Å². The van der Waals surface area contributed by atoms with Gasteiger partial charge in [0, 0.05) is 4.90 Å². The Balaban J connectivity index is 2.54. The lowest BCUT2D eigenvalue weighted by Crippen LogP contribution is -2.31. The van der Waals surface area contributed by atoms with E-state index in [1.54, 1.807) is 0 Å². The number of benzene rings is 1. The molecule has 0 fully saturated rings. The summed E-state index contributed by atoms with van der Waals surface area (Å²) in [6, 6.07) is 7.74. The van der Waals surface area contributed by atoms with Crippen LogP contribution in [0.25, 0.3) is 0 Å². The van der Waals surface area contributed by atoms with E-state index >= 15 is 0 Å². The first-order valence-corrected chi connectivity index (χ1v) is 8.32. The summed E-state index contributed by atoms with van der Waals surface area (Å²) in [5, 5.41) is 0. The van der Waals surface area contributed by atoms with Gasteiger partial charge in [-0.25, -0.2) is 0 Å². The summed E-state index contributed by atoms with van der Waals surface area (Å²) >= 11 is 4.21. The fourth-order valence-corrected chi connectivity index (χ4v) is 1.68. The second-order valence-corrected chi connectivity index (χ2v) is 9.17. The number of rotatable bonds is 4. The molecule has 0 saturated heterocycles. The first-order valence-electron chi connectivity index (χ1n) is 4.59. The molecule has 14 heavy (non-hydrogen) atoms. The average Bonchev–Trinajstić information content (AvgIpc) is 2.17. The summed E-state index contributed by atoms with van der Waals surface area (Å²) in [6.07, 6.45) is 0.780. The van der Waals surface area contributed by atoms with E-state index in [0.29, 0.717) is 0 Å². The Morgan fingerprint density at radius 3 is 2.43 bits per heavy atom. The molecule has 1 rings (SSSR count). The third-order valence-corrected chi connectivity index (χ3v) is 4.29. The van der Waals surface area contributed by atoms with Crippen molar-refractivity contribution in [3.8, 4) is 5.75 Å². The molecule has 0 aliphatic rings. The zero-order valence-electron chi connectivity index (χ0n) is 8.66. The lowest BCUT2D eigenvalue weighted by Gasteiger charge is -2.17. The maximum Gasteiger partial charge on any atom is 0.118 e. The highest BCUT2D eigenvalue weighted by Gasteiger charge is 2.16. The monoisotopic (exact) mass is 224 g/mol. The van der Waals surface area contributed by atoms with Gasteiger partial charge in [-0.15, -0.1) is 19.2 Å². The Hall–Kier alpha value is -0.673. The summed E-state index contributed by atoms with van der Waals surface area (Å²) in [6.45, 7) is 8.29. The standard InChI is InChI=1S/C11H16OSSi/c1-4-14(2,3)9-12-10-5-7-11(13)8-6-10/h4-8,13H,1,9H2,2-3H3. The summed E-state index contributed by atoms with van der Waals surface area (Å²) in [4.78, 5) is 0.956. The molecule has 76 valence electrons. The number of hydrogen-bond donors (Lipinski definition) is 1. The van der Waals surface area contributed by atoms with Gasteiger partial charge in [0.1, 0.15) is 13.8 Å². The lowest BCUT2D eigenvalue weighted by atomic mass is 10.3. The molecule has 0 heterocycles. The number of hydrogen-bond acceptors (Lipinski definition) is 2. The number of thiol groups is 1. The first-order chi connectivity index (χ1) is 6.53. The summed E-state index contributed by atoms with van der Waals surface area (Å²) in [5.41, 5.74) is 2.04. The molecule has 0 N–H and O–H groups in total. The van der Waals surface area contributed by atoms with Crippen molar-refractivity contribution in [1.29, 1.82) is 0 Å². The van der Waals surface area contributed by atoms with Crippen molar-refractivity contribution in [2.45, 2.75) is 18.0 Å². The van der Waals surface area contributed by atoms with Gasteiger partial charge in [0.05, 0.1) is 6.23 Å². The summed E-state index contributed by atoms with van der Waals surface area (Å²) < 4.78 is 5.67. The molecule has 1 nitrogen and oxygen atoms in total. The Morgan fingerprint density at radius 2 is 1.93 bits per heavy atom. The maximum absolute atomic E-state index is 5.67. The van der Waals surface area contributed by atoms with Crippen molar-refractivity contribution < 1.29 is 4.74 Å². The van der Waals surface area contributed by atoms with Crippen molar-refractivity contribution in [3.63, 3.8) is 0 Å². The molecule has 0 aromatic heterocycles. The van der Waals surface area contributed by atoms with Crippen molar-refractivity contribution in [2.24, 2.45) is 0 Å². The topological polar surface area (TPSA) is 9.23 Å². The highest BCUT2D eigenvalue weighted by molar-refractivity contribution is 7.80. The molecular formula is C11H16OSSi.